The molecule has 2 amide bonds. The van der Waals surface area contributed by atoms with Gasteiger partial charge in [-0.25, -0.2) is 0 Å². The highest BCUT2D eigenvalue weighted by Crippen LogP contribution is 2.16. The first kappa shape index (κ1) is 20.3. The number of amides is 2. The van der Waals surface area contributed by atoms with Gasteiger partial charge in [0.1, 0.15) is 5.75 Å². The van der Waals surface area contributed by atoms with E-state index in [2.05, 4.69) is 5.32 Å². The highest BCUT2D eigenvalue weighted by Gasteiger charge is 2.38. The van der Waals surface area contributed by atoms with Crippen LogP contribution in [0.15, 0.2) is 48.5 Å². The van der Waals surface area contributed by atoms with Crippen LogP contribution in [0.4, 0.5) is 18.9 Å². The lowest BCUT2D eigenvalue weighted by Crippen LogP contribution is -2.36. The number of hydrogen-bond acceptors (Lipinski definition) is 3. The minimum Gasteiger partial charge on any atom is -0.494 e. The number of anilines is 1. The molecule has 27 heavy (non-hydrogen) atoms. The Morgan fingerprint density at radius 3 is 2.11 bits per heavy atom. The Kier molecular flexibility index (Phi) is 6.81. The number of benzene rings is 2. The van der Waals surface area contributed by atoms with Gasteiger partial charge in [0.2, 0.25) is 5.91 Å². The summed E-state index contributed by atoms with van der Waals surface area (Å²) in [7, 11) is 0. The molecule has 0 saturated carbocycles. The molecule has 5 nitrogen and oxygen atoms in total. The first-order valence-corrected chi connectivity index (χ1v) is 8.23. The van der Waals surface area contributed by atoms with E-state index in [4.69, 9.17) is 4.74 Å². The minimum atomic E-state index is -4.91. The van der Waals surface area contributed by atoms with Crippen LogP contribution >= 0.6 is 0 Å². The maximum atomic E-state index is 12.1. The fourth-order valence-corrected chi connectivity index (χ4v) is 2.25. The summed E-state index contributed by atoms with van der Waals surface area (Å²) in [5.74, 6) is -1.48. The first-order valence-electron chi connectivity index (χ1n) is 8.23. The molecule has 0 radical (unpaired) electrons. The van der Waals surface area contributed by atoms with Crippen LogP contribution in [0.1, 0.15) is 18.1 Å². The average molecular weight is 380 g/mol. The fourth-order valence-electron chi connectivity index (χ4n) is 2.25. The summed E-state index contributed by atoms with van der Waals surface area (Å²) in [4.78, 5) is 22.9. The zero-order chi connectivity index (χ0) is 19.9. The summed E-state index contributed by atoms with van der Waals surface area (Å²) in [5, 5.41) is 4.49. The smallest absolute Gasteiger partial charge is 0.471 e. The minimum absolute atomic E-state index is 0.176. The van der Waals surface area contributed by atoms with Crippen LogP contribution in [0, 0.1) is 0 Å². The molecule has 0 aliphatic rings. The Morgan fingerprint density at radius 1 is 0.963 bits per heavy atom. The molecule has 2 aromatic carbocycles. The van der Waals surface area contributed by atoms with Crippen molar-refractivity contribution in [2.45, 2.75) is 26.1 Å². The molecule has 0 aliphatic heterocycles. The Labute approximate surface area is 154 Å². The van der Waals surface area contributed by atoms with Crippen molar-refractivity contribution in [2.24, 2.45) is 0 Å². The number of alkyl halides is 3. The number of carbonyl (C=O) groups is 2. The lowest BCUT2D eigenvalue weighted by Gasteiger charge is -2.09. The van der Waals surface area contributed by atoms with E-state index in [-0.39, 0.29) is 18.9 Å². The fraction of sp³-hybridized carbons (Fsp3) is 0.263. The second-order valence-electron chi connectivity index (χ2n) is 5.68. The van der Waals surface area contributed by atoms with E-state index in [0.717, 1.165) is 11.3 Å². The SMILES string of the molecule is CCOc1ccc(CC(=O)Nc2ccc(CNC(=O)C(F)(F)F)cc2)cc1. The Bertz CT molecular complexity index is 772. The highest BCUT2D eigenvalue weighted by atomic mass is 19.4. The number of hydrogen-bond donors (Lipinski definition) is 2. The molecule has 0 atom stereocenters. The molecule has 0 aromatic heterocycles. The van der Waals surface area contributed by atoms with Crippen molar-refractivity contribution in [3.63, 3.8) is 0 Å². The normalized spacial score (nSPS) is 11.0. The molecular weight excluding hydrogens is 361 g/mol. The number of rotatable bonds is 7. The van der Waals surface area contributed by atoms with Gasteiger partial charge in [0.15, 0.2) is 0 Å². The number of nitrogens with one attached hydrogen (secondary N) is 2. The topological polar surface area (TPSA) is 67.4 Å². The Balaban J connectivity index is 1.84. The van der Waals surface area contributed by atoms with Gasteiger partial charge >= 0.3 is 12.1 Å². The third-order valence-corrected chi connectivity index (χ3v) is 3.55. The molecule has 144 valence electrons. The zero-order valence-electron chi connectivity index (χ0n) is 14.6. The maximum Gasteiger partial charge on any atom is 0.471 e. The molecule has 2 aromatic rings. The van der Waals surface area contributed by atoms with Crippen molar-refractivity contribution in [1.29, 1.82) is 0 Å². The van der Waals surface area contributed by atoms with Crippen molar-refractivity contribution < 1.29 is 27.5 Å². The predicted octanol–water partition coefficient (Wildman–Crippen LogP) is 3.45. The zero-order valence-corrected chi connectivity index (χ0v) is 14.6. The number of ether oxygens (including phenoxy) is 1. The van der Waals surface area contributed by atoms with Crippen LogP contribution in [-0.2, 0) is 22.6 Å². The lowest BCUT2D eigenvalue weighted by molar-refractivity contribution is -0.173. The van der Waals surface area contributed by atoms with Gasteiger partial charge in [-0.2, -0.15) is 13.2 Å². The van der Waals surface area contributed by atoms with Crippen molar-refractivity contribution in [2.75, 3.05) is 11.9 Å². The van der Waals surface area contributed by atoms with Gasteiger partial charge in [-0.1, -0.05) is 24.3 Å². The van der Waals surface area contributed by atoms with Gasteiger partial charge in [0.25, 0.3) is 0 Å². The van der Waals surface area contributed by atoms with E-state index in [9.17, 15) is 22.8 Å². The first-order chi connectivity index (χ1) is 12.8. The molecule has 0 bridgehead atoms. The van der Waals surface area contributed by atoms with E-state index in [1.165, 1.54) is 12.1 Å². The van der Waals surface area contributed by atoms with Gasteiger partial charge in [0.05, 0.1) is 13.0 Å². The van der Waals surface area contributed by atoms with Crippen LogP contribution in [0.2, 0.25) is 0 Å². The highest BCUT2D eigenvalue weighted by molar-refractivity contribution is 5.92. The second-order valence-corrected chi connectivity index (χ2v) is 5.68. The van der Waals surface area contributed by atoms with E-state index in [1.54, 1.807) is 41.7 Å². The number of halogens is 3. The van der Waals surface area contributed by atoms with Crippen LogP contribution in [0.5, 0.6) is 5.75 Å². The second kappa shape index (κ2) is 9.07. The van der Waals surface area contributed by atoms with E-state index >= 15 is 0 Å². The van der Waals surface area contributed by atoms with Crippen molar-refractivity contribution in [1.82, 2.24) is 5.32 Å². The molecule has 2 rings (SSSR count). The maximum absolute atomic E-state index is 12.1. The van der Waals surface area contributed by atoms with E-state index in [1.807, 2.05) is 6.92 Å². The molecule has 0 fully saturated rings. The van der Waals surface area contributed by atoms with Crippen molar-refractivity contribution in [3.8, 4) is 5.75 Å². The third-order valence-electron chi connectivity index (χ3n) is 3.55. The van der Waals surface area contributed by atoms with Gasteiger partial charge in [-0.15, -0.1) is 0 Å². The average Bonchev–Trinajstić information content (AvgIpc) is 2.62. The number of carbonyl (C=O) groups excluding carboxylic acids is 2. The van der Waals surface area contributed by atoms with E-state index in [0.29, 0.717) is 17.9 Å². The van der Waals surface area contributed by atoms with Gasteiger partial charge < -0.3 is 15.4 Å². The van der Waals surface area contributed by atoms with Crippen LogP contribution in [0.25, 0.3) is 0 Å². The molecule has 8 heteroatoms. The summed E-state index contributed by atoms with van der Waals surface area (Å²) in [6.45, 7) is 2.20. The standard InChI is InChI=1S/C19H19F3N2O3/c1-2-27-16-9-5-13(6-10-16)11-17(25)24-15-7-3-14(4-8-15)12-23-18(26)19(20,21)22/h3-10H,2,11-12H2,1H3,(H,23,26)(H,24,25). The van der Waals surface area contributed by atoms with Crippen LogP contribution in [-0.4, -0.2) is 24.6 Å². The summed E-state index contributed by atoms with van der Waals surface area (Å²) in [5.41, 5.74) is 1.82. The molecule has 0 saturated heterocycles. The van der Waals surface area contributed by atoms with Gasteiger partial charge in [-0.05, 0) is 42.3 Å². The molecule has 0 aliphatic carbocycles. The molecule has 0 heterocycles. The summed E-state index contributed by atoms with van der Waals surface area (Å²) in [6.07, 6.45) is -4.73. The summed E-state index contributed by atoms with van der Waals surface area (Å²) < 4.78 is 41.7. The lowest BCUT2D eigenvalue weighted by atomic mass is 10.1. The predicted molar refractivity (Wildman–Crippen MR) is 94.3 cm³/mol. The van der Waals surface area contributed by atoms with Gasteiger partial charge in [-0.3, -0.25) is 9.59 Å². The van der Waals surface area contributed by atoms with E-state index < -0.39 is 12.1 Å². The Hall–Kier alpha value is -3.03. The van der Waals surface area contributed by atoms with Gasteiger partial charge in [0, 0.05) is 12.2 Å². The van der Waals surface area contributed by atoms with Crippen molar-refractivity contribution >= 4 is 17.5 Å². The Morgan fingerprint density at radius 2 is 1.56 bits per heavy atom. The monoisotopic (exact) mass is 380 g/mol. The van der Waals surface area contributed by atoms with Crippen LogP contribution in [0.3, 0.4) is 0 Å². The molecule has 0 unspecified atom stereocenters. The third kappa shape index (κ3) is 6.65. The summed E-state index contributed by atoms with van der Waals surface area (Å²) in [6, 6.07) is 13.4. The quantitative estimate of drug-likeness (QED) is 0.773. The van der Waals surface area contributed by atoms with Crippen LogP contribution < -0.4 is 15.4 Å². The molecule has 0 spiro atoms. The summed E-state index contributed by atoms with van der Waals surface area (Å²) >= 11 is 0. The molecule has 2 N–H and O–H groups in total. The van der Waals surface area contributed by atoms with Crippen molar-refractivity contribution in [3.05, 3.63) is 59.7 Å². The molecular formula is C19H19F3N2O3. The largest absolute Gasteiger partial charge is 0.494 e.